The zero-order valence-electron chi connectivity index (χ0n) is 4.68. The quantitative estimate of drug-likeness (QED) is 0.473. The molecule has 0 aliphatic heterocycles. The summed E-state index contributed by atoms with van der Waals surface area (Å²) in [5, 5.41) is 0.282. The largest absolute Gasteiger partial charge is 0.319 e. The van der Waals surface area contributed by atoms with Gasteiger partial charge in [-0.15, -0.1) is 0 Å². The van der Waals surface area contributed by atoms with Crippen molar-refractivity contribution < 1.29 is 0 Å². The van der Waals surface area contributed by atoms with E-state index in [4.69, 9.17) is 5.73 Å². The predicted octanol–water partition coefficient (Wildman–Crippen LogP) is 1.69. The van der Waals surface area contributed by atoms with Gasteiger partial charge in [0.2, 0.25) is 0 Å². The standard InChI is InChI=1S/C4H11NS2/c1-3-6-7-4(2)5/h4H,3,5H2,1-2H3. The van der Waals surface area contributed by atoms with Crippen molar-refractivity contribution in [3.8, 4) is 0 Å². The fraction of sp³-hybridized carbons (Fsp3) is 1.00. The molecule has 0 bridgehead atoms. The first-order valence-electron chi connectivity index (χ1n) is 2.31. The highest BCUT2D eigenvalue weighted by Crippen LogP contribution is 2.22. The zero-order chi connectivity index (χ0) is 5.70. The maximum absolute atomic E-state index is 5.42. The molecule has 2 N–H and O–H groups in total. The first kappa shape index (κ1) is 7.66. The summed E-state index contributed by atoms with van der Waals surface area (Å²) in [4.78, 5) is 0. The molecule has 0 amide bonds. The lowest BCUT2D eigenvalue weighted by molar-refractivity contribution is 1.06. The Kier molecular flexibility index (Phi) is 5.26. The minimum absolute atomic E-state index is 0.282. The molecule has 0 aliphatic carbocycles. The van der Waals surface area contributed by atoms with Crippen LogP contribution in [-0.2, 0) is 0 Å². The third kappa shape index (κ3) is 6.66. The molecule has 1 unspecified atom stereocenters. The lowest BCUT2D eigenvalue weighted by Gasteiger charge is -1.98. The van der Waals surface area contributed by atoms with Gasteiger partial charge in [0, 0.05) is 5.75 Å². The zero-order valence-corrected chi connectivity index (χ0v) is 6.31. The first-order chi connectivity index (χ1) is 3.27. The van der Waals surface area contributed by atoms with Crippen LogP contribution in [0.1, 0.15) is 13.8 Å². The fourth-order valence-corrected chi connectivity index (χ4v) is 1.58. The maximum Gasteiger partial charge on any atom is 0.0583 e. The topological polar surface area (TPSA) is 26.0 Å². The second-order valence-corrected chi connectivity index (χ2v) is 4.24. The molecule has 0 heterocycles. The lowest BCUT2D eigenvalue weighted by atomic mass is 10.8. The van der Waals surface area contributed by atoms with Crippen molar-refractivity contribution in [2.24, 2.45) is 5.73 Å². The van der Waals surface area contributed by atoms with E-state index < -0.39 is 0 Å². The molecule has 7 heavy (non-hydrogen) atoms. The van der Waals surface area contributed by atoms with E-state index in [1.807, 2.05) is 17.7 Å². The van der Waals surface area contributed by atoms with E-state index in [-0.39, 0.29) is 5.37 Å². The molecule has 0 aromatic heterocycles. The predicted molar refractivity (Wildman–Crippen MR) is 39.4 cm³/mol. The second-order valence-electron chi connectivity index (χ2n) is 1.21. The van der Waals surface area contributed by atoms with Crippen LogP contribution in [0.25, 0.3) is 0 Å². The molecular weight excluding hydrogens is 126 g/mol. The van der Waals surface area contributed by atoms with Crippen LogP contribution in [0.15, 0.2) is 0 Å². The van der Waals surface area contributed by atoms with Crippen LogP contribution in [0.3, 0.4) is 0 Å². The molecule has 0 rings (SSSR count). The van der Waals surface area contributed by atoms with E-state index >= 15 is 0 Å². The smallest absolute Gasteiger partial charge is 0.0583 e. The maximum atomic E-state index is 5.42. The molecule has 0 radical (unpaired) electrons. The van der Waals surface area contributed by atoms with Crippen molar-refractivity contribution in [1.29, 1.82) is 0 Å². The van der Waals surface area contributed by atoms with Gasteiger partial charge < -0.3 is 5.73 Å². The van der Waals surface area contributed by atoms with Crippen molar-refractivity contribution in [3.63, 3.8) is 0 Å². The van der Waals surface area contributed by atoms with Gasteiger partial charge in [0.05, 0.1) is 5.37 Å². The molecule has 0 aromatic carbocycles. The van der Waals surface area contributed by atoms with E-state index in [0.29, 0.717) is 0 Å². The van der Waals surface area contributed by atoms with Gasteiger partial charge in [0.25, 0.3) is 0 Å². The highest BCUT2D eigenvalue weighted by atomic mass is 33.1. The van der Waals surface area contributed by atoms with Crippen LogP contribution in [0.5, 0.6) is 0 Å². The summed E-state index contributed by atoms with van der Waals surface area (Å²) in [6.07, 6.45) is 0. The number of nitrogens with two attached hydrogens (primary N) is 1. The van der Waals surface area contributed by atoms with Gasteiger partial charge >= 0.3 is 0 Å². The summed E-state index contributed by atoms with van der Waals surface area (Å²) in [6, 6.07) is 0. The highest BCUT2D eigenvalue weighted by Gasteiger charge is 1.89. The Bertz CT molecular complexity index is 38.7. The minimum atomic E-state index is 0.282. The molecule has 0 saturated heterocycles. The van der Waals surface area contributed by atoms with Crippen LogP contribution >= 0.6 is 21.6 Å². The summed E-state index contributed by atoms with van der Waals surface area (Å²) < 4.78 is 0. The number of hydrogen-bond acceptors (Lipinski definition) is 3. The Morgan fingerprint density at radius 3 is 2.43 bits per heavy atom. The third-order valence-electron chi connectivity index (χ3n) is 0.338. The van der Waals surface area contributed by atoms with Crippen molar-refractivity contribution in [2.45, 2.75) is 19.2 Å². The van der Waals surface area contributed by atoms with Gasteiger partial charge in [-0.25, -0.2) is 0 Å². The molecule has 0 fully saturated rings. The van der Waals surface area contributed by atoms with Gasteiger partial charge in [-0.2, -0.15) is 0 Å². The normalized spacial score (nSPS) is 14.1. The minimum Gasteiger partial charge on any atom is -0.319 e. The van der Waals surface area contributed by atoms with Gasteiger partial charge in [-0.3, -0.25) is 0 Å². The monoisotopic (exact) mass is 137 g/mol. The van der Waals surface area contributed by atoms with Gasteiger partial charge in [-0.05, 0) is 6.92 Å². The summed E-state index contributed by atoms with van der Waals surface area (Å²) in [6.45, 7) is 4.12. The van der Waals surface area contributed by atoms with E-state index in [1.165, 1.54) is 0 Å². The van der Waals surface area contributed by atoms with Crippen molar-refractivity contribution in [2.75, 3.05) is 5.75 Å². The highest BCUT2D eigenvalue weighted by molar-refractivity contribution is 8.76. The van der Waals surface area contributed by atoms with Crippen molar-refractivity contribution in [3.05, 3.63) is 0 Å². The van der Waals surface area contributed by atoms with Gasteiger partial charge in [0.1, 0.15) is 0 Å². The van der Waals surface area contributed by atoms with E-state index in [0.717, 1.165) is 5.75 Å². The van der Waals surface area contributed by atoms with Crippen molar-refractivity contribution >= 4 is 21.6 Å². The molecule has 1 atom stereocenters. The van der Waals surface area contributed by atoms with Gasteiger partial charge in [0.15, 0.2) is 0 Å². The first-order valence-corrected chi connectivity index (χ1v) is 4.69. The van der Waals surface area contributed by atoms with Crippen LogP contribution in [0, 0.1) is 0 Å². The third-order valence-corrected chi connectivity index (χ3v) is 3.04. The van der Waals surface area contributed by atoms with Crippen LogP contribution < -0.4 is 5.73 Å². The Morgan fingerprint density at radius 2 is 2.29 bits per heavy atom. The van der Waals surface area contributed by atoms with Crippen LogP contribution in [0.2, 0.25) is 0 Å². The number of hydrogen-bond donors (Lipinski definition) is 1. The Labute approximate surface area is 52.8 Å². The fourth-order valence-electron chi connectivity index (χ4n) is 0.175. The molecular formula is C4H11NS2. The molecule has 3 heteroatoms. The summed E-state index contributed by atoms with van der Waals surface area (Å²) in [5.74, 6) is 1.15. The summed E-state index contributed by atoms with van der Waals surface area (Å²) in [7, 11) is 3.53. The second kappa shape index (κ2) is 4.81. The average molecular weight is 137 g/mol. The Morgan fingerprint density at radius 1 is 1.71 bits per heavy atom. The van der Waals surface area contributed by atoms with E-state index in [2.05, 4.69) is 6.92 Å². The Hall–Kier alpha value is 0.660. The van der Waals surface area contributed by atoms with Crippen LogP contribution in [0.4, 0.5) is 0 Å². The van der Waals surface area contributed by atoms with Gasteiger partial charge in [-0.1, -0.05) is 28.5 Å². The molecule has 44 valence electrons. The molecule has 0 aromatic rings. The Balaban J connectivity index is 2.68. The molecule has 0 spiro atoms. The summed E-state index contributed by atoms with van der Waals surface area (Å²) in [5.41, 5.74) is 5.42. The van der Waals surface area contributed by atoms with E-state index in [1.54, 1.807) is 10.8 Å². The molecule has 0 aliphatic rings. The lowest BCUT2D eigenvalue weighted by Crippen LogP contribution is -2.06. The van der Waals surface area contributed by atoms with E-state index in [9.17, 15) is 0 Å². The molecule has 0 saturated carbocycles. The SMILES string of the molecule is CCSSC(C)N. The average Bonchev–Trinajstić information content (AvgIpc) is 1.61. The molecule has 1 nitrogen and oxygen atoms in total. The van der Waals surface area contributed by atoms with Crippen molar-refractivity contribution in [1.82, 2.24) is 0 Å². The van der Waals surface area contributed by atoms with Crippen LogP contribution in [-0.4, -0.2) is 11.1 Å². The summed E-state index contributed by atoms with van der Waals surface area (Å²) >= 11 is 0. The number of rotatable bonds is 3.